The number of carbonyl (C=O) groups is 1. The average molecular weight is 210 g/mol. The summed E-state index contributed by atoms with van der Waals surface area (Å²) in [4.78, 5) is 11.7. The number of carbonyl (C=O) groups excluding carboxylic acids is 1. The molecule has 2 atom stereocenters. The number of nitrogens with two attached hydrogens (primary N) is 1. The Labute approximate surface area is 91.8 Å². The highest BCUT2D eigenvalue weighted by Crippen LogP contribution is 2.36. The maximum Gasteiger partial charge on any atom is 0.237 e. The summed E-state index contributed by atoms with van der Waals surface area (Å²) in [7, 11) is 0. The first-order valence-corrected chi connectivity index (χ1v) is 6.24. The molecule has 0 spiro atoms. The van der Waals surface area contributed by atoms with Gasteiger partial charge < -0.3 is 11.1 Å². The monoisotopic (exact) mass is 210 g/mol. The van der Waals surface area contributed by atoms with Crippen molar-refractivity contribution in [2.75, 3.05) is 0 Å². The van der Waals surface area contributed by atoms with Crippen LogP contribution in [0.15, 0.2) is 0 Å². The second kappa shape index (κ2) is 4.12. The largest absolute Gasteiger partial charge is 0.368 e. The van der Waals surface area contributed by atoms with Crippen LogP contribution in [-0.4, -0.2) is 17.5 Å². The van der Waals surface area contributed by atoms with E-state index in [2.05, 4.69) is 12.2 Å². The van der Waals surface area contributed by atoms with Gasteiger partial charge in [-0.1, -0.05) is 26.2 Å². The molecule has 0 bridgehead atoms. The van der Waals surface area contributed by atoms with Gasteiger partial charge >= 0.3 is 0 Å². The van der Waals surface area contributed by atoms with Crippen molar-refractivity contribution in [3.8, 4) is 0 Å². The lowest BCUT2D eigenvalue weighted by molar-refractivity contribution is -0.126. The van der Waals surface area contributed by atoms with Gasteiger partial charge in [0.1, 0.15) is 0 Å². The van der Waals surface area contributed by atoms with Crippen molar-refractivity contribution in [3.63, 3.8) is 0 Å². The summed E-state index contributed by atoms with van der Waals surface area (Å²) in [6, 6.07) is 0.563. The van der Waals surface area contributed by atoms with Crippen LogP contribution in [0.1, 0.15) is 51.9 Å². The van der Waals surface area contributed by atoms with Gasteiger partial charge in [0, 0.05) is 6.04 Å². The van der Waals surface area contributed by atoms with Gasteiger partial charge in [0.2, 0.25) is 5.91 Å². The van der Waals surface area contributed by atoms with Crippen LogP contribution in [0, 0.1) is 5.92 Å². The van der Waals surface area contributed by atoms with Gasteiger partial charge in [-0.25, -0.2) is 0 Å². The highest BCUT2D eigenvalue weighted by Gasteiger charge is 2.43. The molecule has 3 nitrogen and oxygen atoms in total. The fourth-order valence-electron chi connectivity index (χ4n) is 2.78. The Morgan fingerprint density at radius 2 is 2.20 bits per heavy atom. The lowest BCUT2D eigenvalue weighted by Gasteiger charge is -2.39. The number of hydrogen-bond donors (Lipinski definition) is 2. The summed E-state index contributed by atoms with van der Waals surface area (Å²) in [6.45, 7) is 2.21. The molecule has 86 valence electrons. The summed E-state index contributed by atoms with van der Waals surface area (Å²) in [5.41, 5.74) is 5.22. The van der Waals surface area contributed by atoms with Crippen LogP contribution in [-0.2, 0) is 4.79 Å². The van der Waals surface area contributed by atoms with Gasteiger partial charge in [0.25, 0.3) is 0 Å². The van der Waals surface area contributed by atoms with Crippen LogP contribution in [0.25, 0.3) is 0 Å². The van der Waals surface area contributed by atoms with Crippen molar-refractivity contribution in [2.45, 2.75) is 63.5 Å². The zero-order valence-corrected chi connectivity index (χ0v) is 9.59. The van der Waals surface area contributed by atoms with E-state index >= 15 is 0 Å². The van der Waals surface area contributed by atoms with Crippen molar-refractivity contribution in [3.05, 3.63) is 0 Å². The summed E-state index contributed by atoms with van der Waals surface area (Å²) in [5, 5.41) is 3.50. The number of primary amides is 1. The van der Waals surface area contributed by atoms with Crippen LogP contribution < -0.4 is 11.1 Å². The van der Waals surface area contributed by atoms with Crippen LogP contribution in [0.2, 0.25) is 0 Å². The first-order valence-electron chi connectivity index (χ1n) is 6.24. The molecule has 2 aliphatic carbocycles. The topological polar surface area (TPSA) is 55.1 Å². The maximum atomic E-state index is 11.7. The standard InChI is InChI=1S/C12H22N2O/c1-2-9-4-3-7-12(8-9,11(13)15)14-10-5-6-10/h9-10,14H,2-8H2,1H3,(H2,13,15). The minimum Gasteiger partial charge on any atom is -0.368 e. The average Bonchev–Trinajstić information content (AvgIpc) is 3.01. The molecule has 2 unspecified atom stereocenters. The molecule has 2 aliphatic rings. The van der Waals surface area contributed by atoms with E-state index < -0.39 is 0 Å². The molecule has 1 amide bonds. The van der Waals surface area contributed by atoms with Gasteiger partial charge in [0.15, 0.2) is 0 Å². The van der Waals surface area contributed by atoms with E-state index in [0.717, 1.165) is 19.3 Å². The molecule has 3 heteroatoms. The summed E-state index contributed by atoms with van der Waals surface area (Å²) >= 11 is 0. The molecule has 2 rings (SSSR count). The van der Waals surface area contributed by atoms with E-state index in [1.165, 1.54) is 25.7 Å². The fraction of sp³-hybridized carbons (Fsp3) is 0.917. The number of nitrogens with one attached hydrogen (secondary N) is 1. The minimum atomic E-state index is -0.375. The third-order valence-corrected chi connectivity index (χ3v) is 3.96. The van der Waals surface area contributed by atoms with Gasteiger partial charge in [-0.15, -0.1) is 0 Å². The van der Waals surface area contributed by atoms with E-state index in [9.17, 15) is 4.79 Å². The molecule has 15 heavy (non-hydrogen) atoms. The van der Waals surface area contributed by atoms with E-state index in [4.69, 9.17) is 5.73 Å². The second-order valence-corrected chi connectivity index (χ2v) is 5.24. The molecule has 0 aromatic rings. The number of rotatable bonds is 4. The summed E-state index contributed by atoms with van der Waals surface area (Å²) < 4.78 is 0. The zero-order valence-electron chi connectivity index (χ0n) is 9.59. The number of hydrogen-bond acceptors (Lipinski definition) is 2. The molecule has 0 saturated heterocycles. The normalized spacial score (nSPS) is 36.5. The lowest BCUT2D eigenvalue weighted by atomic mass is 9.74. The van der Waals surface area contributed by atoms with Crippen molar-refractivity contribution in [1.29, 1.82) is 0 Å². The zero-order chi connectivity index (χ0) is 10.9. The minimum absolute atomic E-state index is 0.132. The van der Waals surface area contributed by atoms with Crippen LogP contribution >= 0.6 is 0 Å². The van der Waals surface area contributed by atoms with Crippen LogP contribution in [0.3, 0.4) is 0 Å². The molecule has 0 aromatic heterocycles. The van der Waals surface area contributed by atoms with Crippen molar-refractivity contribution in [2.24, 2.45) is 11.7 Å². The quantitative estimate of drug-likeness (QED) is 0.740. The Morgan fingerprint density at radius 3 is 2.73 bits per heavy atom. The molecule has 0 heterocycles. The van der Waals surface area contributed by atoms with Gasteiger partial charge in [-0.2, -0.15) is 0 Å². The first kappa shape index (κ1) is 10.9. The summed E-state index contributed by atoms with van der Waals surface area (Å²) in [6.07, 6.45) is 7.89. The van der Waals surface area contributed by atoms with Crippen molar-refractivity contribution < 1.29 is 4.79 Å². The van der Waals surface area contributed by atoms with Gasteiger partial charge in [0.05, 0.1) is 5.54 Å². The van der Waals surface area contributed by atoms with E-state index in [0.29, 0.717) is 12.0 Å². The molecule has 2 saturated carbocycles. The molecular formula is C12H22N2O. The Hall–Kier alpha value is -0.570. The molecule has 0 aromatic carbocycles. The third-order valence-electron chi connectivity index (χ3n) is 3.96. The van der Waals surface area contributed by atoms with Crippen LogP contribution in [0.4, 0.5) is 0 Å². The second-order valence-electron chi connectivity index (χ2n) is 5.24. The van der Waals surface area contributed by atoms with Crippen molar-refractivity contribution in [1.82, 2.24) is 5.32 Å². The SMILES string of the molecule is CCC1CCCC(NC2CC2)(C(N)=O)C1. The Balaban J connectivity index is 2.05. The number of amides is 1. The third kappa shape index (κ3) is 2.33. The first-order chi connectivity index (χ1) is 7.16. The van der Waals surface area contributed by atoms with E-state index in [-0.39, 0.29) is 11.4 Å². The predicted molar refractivity (Wildman–Crippen MR) is 60.3 cm³/mol. The van der Waals surface area contributed by atoms with E-state index in [1.807, 2.05) is 0 Å². The predicted octanol–water partition coefficient (Wildman–Crippen LogP) is 1.56. The van der Waals surface area contributed by atoms with Gasteiger partial charge in [-0.05, 0) is 31.6 Å². The Bertz CT molecular complexity index is 250. The molecule has 3 N–H and O–H groups in total. The Morgan fingerprint density at radius 1 is 1.47 bits per heavy atom. The lowest BCUT2D eigenvalue weighted by Crippen LogP contribution is -2.58. The van der Waals surface area contributed by atoms with Gasteiger partial charge in [-0.3, -0.25) is 4.79 Å². The van der Waals surface area contributed by atoms with E-state index in [1.54, 1.807) is 0 Å². The highest BCUT2D eigenvalue weighted by molar-refractivity contribution is 5.84. The highest BCUT2D eigenvalue weighted by atomic mass is 16.1. The maximum absolute atomic E-state index is 11.7. The van der Waals surface area contributed by atoms with Crippen LogP contribution in [0.5, 0.6) is 0 Å². The summed E-state index contributed by atoms with van der Waals surface area (Å²) in [5.74, 6) is 0.546. The molecular weight excluding hydrogens is 188 g/mol. The smallest absolute Gasteiger partial charge is 0.237 e. The Kier molecular flexibility index (Phi) is 3.01. The molecule has 0 radical (unpaired) electrons. The fourth-order valence-corrected chi connectivity index (χ4v) is 2.78. The molecule has 0 aliphatic heterocycles. The molecule has 2 fully saturated rings. The van der Waals surface area contributed by atoms with Crippen molar-refractivity contribution >= 4 is 5.91 Å².